The summed E-state index contributed by atoms with van der Waals surface area (Å²) in [7, 11) is 1.92. The first-order valence-corrected chi connectivity index (χ1v) is 6.21. The lowest BCUT2D eigenvalue weighted by molar-refractivity contribution is 0.579. The minimum atomic E-state index is 0.202. The molecule has 0 bridgehead atoms. The third kappa shape index (κ3) is 2.15. The van der Waals surface area contributed by atoms with Gasteiger partial charge in [-0.3, -0.25) is 4.68 Å². The molecule has 0 radical (unpaired) electrons. The minimum Gasteiger partial charge on any atom is -0.309 e. The molecule has 2 heterocycles. The van der Waals surface area contributed by atoms with E-state index < -0.39 is 0 Å². The summed E-state index contributed by atoms with van der Waals surface area (Å²) in [5, 5.41) is 16.2. The van der Waals surface area contributed by atoms with Crippen molar-refractivity contribution in [2.75, 3.05) is 6.54 Å². The van der Waals surface area contributed by atoms with Gasteiger partial charge in [-0.05, 0) is 27.3 Å². The number of aromatic nitrogens is 5. The first-order chi connectivity index (χ1) is 8.54. The summed E-state index contributed by atoms with van der Waals surface area (Å²) in [5.41, 5.74) is 3.10. The van der Waals surface area contributed by atoms with Crippen molar-refractivity contribution < 1.29 is 0 Å². The van der Waals surface area contributed by atoms with E-state index in [1.807, 2.05) is 31.6 Å². The maximum Gasteiger partial charge on any atom is 0.177 e. The van der Waals surface area contributed by atoms with Crippen LogP contribution in [-0.2, 0) is 7.05 Å². The summed E-state index contributed by atoms with van der Waals surface area (Å²) >= 11 is 0. The normalized spacial score (nSPS) is 12.9. The van der Waals surface area contributed by atoms with Gasteiger partial charge in [0.15, 0.2) is 5.82 Å². The number of nitrogens with one attached hydrogen (secondary N) is 1. The molecule has 0 aliphatic heterocycles. The smallest absolute Gasteiger partial charge is 0.177 e. The second-order valence-corrected chi connectivity index (χ2v) is 4.52. The molecule has 0 amide bonds. The quantitative estimate of drug-likeness (QED) is 0.885. The van der Waals surface area contributed by atoms with Crippen LogP contribution >= 0.6 is 0 Å². The molecule has 0 saturated carbocycles. The van der Waals surface area contributed by atoms with Crippen LogP contribution in [0.1, 0.15) is 37.0 Å². The topological polar surface area (TPSA) is 60.6 Å². The van der Waals surface area contributed by atoms with E-state index in [0.29, 0.717) is 0 Å². The molecule has 2 rings (SSSR count). The van der Waals surface area contributed by atoms with E-state index in [4.69, 9.17) is 0 Å². The molecule has 2 aromatic rings. The Morgan fingerprint density at radius 3 is 2.67 bits per heavy atom. The summed E-state index contributed by atoms with van der Waals surface area (Å²) in [6.07, 6.45) is 0. The van der Waals surface area contributed by atoms with E-state index in [1.54, 1.807) is 4.68 Å². The van der Waals surface area contributed by atoms with Crippen LogP contribution in [0.5, 0.6) is 0 Å². The number of aryl methyl sites for hydroxylation is 2. The maximum atomic E-state index is 4.42. The van der Waals surface area contributed by atoms with Crippen LogP contribution in [0.4, 0.5) is 0 Å². The molecular formula is C12H20N6. The molecule has 6 heteroatoms. The zero-order chi connectivity index (χ0) is 13.3. The van der Waals surface area contributed by atoms with Crippen molar-refractivity contribution in [1.82, 2.24) is 30.1 Å². The lowest BCUT2D eigenvalue weighted by Crippen LogP contribution is -2.19. The van der Waals surface area contributed by atoms with Crippen LogP contribution in [-0.4, -0.2) is 31.3 Å². The van der Waals surface area contributed by atoms with Crippen molar-refractivity contribution in [1.29, 1.82) is 0 Å². The molecule has 0 aliphatic rings. The highest BCUT2D eigenvalue weighted by atomic mass is 15.5. The first-order valence-electron chi connectivity index (χ1n) is 6.21. The highest BCUT2D eigenvalue weighted by Gasteiger charge is 2.16. The number of nitrogens with zero attached hydrogens (tertiary/aromatic N) is 5. The van der Waals surface area contributed by atoms with E-state index >= 15 is 0 Å². The Morgan fingerprint density at radius 2 is 2.11 bits per heavy atom. The predicted octanol–water partition coefficient (Wildman–Crippen LogP) is 1.29. The fraction of sp³-hybridized carbons (Fsp3) is 0.583. The van der Waals surface area contributed by atoms with Gasteiger partial charge in [-0.2, -0.15) is 9.78 Å². The van der Waals surface area contributed by atoms with E-state index in [2.05, 4.69) is 34.6 Å². The van der Waals surface area contributed by atoms with Gasteiger partial charge in [0.2, 0.25) is 0 Å². The van der Waals surface area contributed by atoms with Crippen LogP contribution < -0.4 is 5.32 Å². The Balaban J connectivity index is 2.36. The summed E-state index contributed by atoms with van der Waals surface area (Å²) in [6, 6.07) is 2.21. The summed E-state index contributed by atoms with van der Waals surface area (Å²) in [5.74, 6) is 0.815. The van der Waals surface area contributed by atoms with Gasteiger partial charge in [-0.15, -0.1) is 5.10 Å². The van der Waals surface area contributed by atoms with Crippen molar-refractivity contribution >= 4 is 0 Å². The Bertz CT molecular complexity index is 519. The molecule has 98 valence electrons. The van der Waals surface area contributed by atoms with Crippen LogP contribution in [0.25, 0.3) is 5.82 Å². The van der Waals surface area contributed by atoms with Crippen LogP contribution in [0.2, 0.25) is 0 Å². The molecule has 2 aromatic heterocycles. The third-order valence-electron chi connectivity index (χ3n) is 3.17. The molecular weight excluding hydrogens is 228 g/mol. The third-order valence-corrected chi connectivity index (χ3v) is 3.17. The largest absolute Gasteiger partial charge is 0.309 e. The van der Waals surface area contributed by atoms with Gasteiger partial charge in [-0.1, -0.05) is 12.1 Å². The van der Waals surface area contributed by atoms with Gasteiger partial charge >= 0.3 is 0 Å². The molecule has 18 heavy (non-hydrogen) atoms. The molecule has 0 saturated heterocycles. The zero-order valence-electron chi connectivity index (χ0n) is 11.6. The standard InChI is InChI=1S/C12H20N6/c1-6-13-9(3)12-10(4)18(16-14-12)11-7-8(2)17(5)15-11/h7,9,13H,6H2,1-5H3. The minimum absolute atomic E-state index is 0.202. The average Bonchev–Trinajstić information content (AvgIpc) is 2.84. The van der Waals surface area contributed by atoms with Crippen molar-refractivity contribution in [2.24, 2.45) is 7.05 Å². The van der Waals surface area contributed by atoms with E-state index in [1.165, 1.54) is 0 Å². The monoisotopic (exact) mass is 248 g/mol. The maximum absolute atomic E-state index is 4.42. The molecule has 0 aliphatic carbocycles. The Morgan fingerprint density at radius 1 is 1.39 bits per heavy atom. The Hall–Kier alpha value is -1.69. The van der Waals surface area contributed by atoms with Crippen molar-refractivity contribution in [3.8, 4) is 5.82 Å². The number of rotatable bonds is 4. The molecule has 1 atom stereocenters. The average molecular weight is 248 g/mol. The molecule has 1 N–H and O–H groups in total. The lowest BCUT2D eigenvalue weighted by atomic mass is 10.2. The first kappa shape index (κ1) is 12.8. The van der Waals surface area contributed by atoms with Gasteiger partial charge in [0.25, 0.3) is 0 Å². The van der Waals surface area contributed by atoms with E-state index in [9.17, 15) is 0 Å². The van der Waals surface area contributed by atoms with Gasteiger partial charge in [0.05, 0.1) is 11.7 Å². The SMILES string of the molecule is CCNC(C)c1nnn(-c2cc(C)n(C)n2)c1C. The van der Waals surface area contributed by atoms with E-state index in [-0.39, 0.29) is 6.04 Å². The second-order valence-electron chi connectivity index (χ2n) is 4.52. The zero-order valence-corrected chi connectivity index (χ0v) is 11.6. The molecule has 0 spiro atoms. The number of hydrogen-bond donors (Lipinski definition) is 1. The Labute approximate surface area is 107 Å². The van der Waals surface area contributed by atoms with Gasteiger partial charge in [-0.25, -0.2) is 0 Å². The molecule has 0 fully saturated rings. The summed E-state index contributed by atoms with van der Waals surface area (Å²) in [6.45, 7) is 9.13. The fourth-order valence-electron chi connectivity index (χ4n) is 2.01. The highest BCUT2D eigenvalue weighted by molar-refractivity contribution is 5.27. The highest BCUT2D eigenvalue weighted by Crippen LogP contribution is 2.17. The van der Waals surface area contributed by atoms with Gasteiger partial charge in [0, 0.05) is 18.8 Å². The molecule has 1 unspecified atom stereocenters. The van der Waals surface area contributed by atoms with Crippen LogP contribution in [0.3, 0.4) is 0 Å². The molecule has 0 aromatic carbocycles. The molecule has 6 nitrogen and oxygen atoms in total. The van der Waals surface area contributed by atoms with Crippen molar-refractivity contribution in [3.63, 3.8) is 0 Å². The lowest BCUT2D eigenvalue weighted by Gasteiger charge is -2.09. The van der Waals surface area contributed by atoms with Gasteiger partial charge < -0.3 is 5.32 Å². The van der Waals surface area contributed by atoms with Gasteiger partial charge in [0.1, 0.15) is 5.69 Å². The predicted molar refractivity (Wildman–Crippen MR) is 69.7 cm³/mol. The van der Waals surface area contributed by atoms with Crippen molar-refractivity contribution in [3.05, 3.63) is 23.1 Å². The summed E-state index contributed by atoms with van der Waals surface area (Å²) < 4.78 is 3.63. The Kier molecular flexibility index (Phi) is 3.47. The summed E-state index contributed by atoms with van der Waals surface area (Å²) in [4.78, 5) is 0. The second kappa shape index (κ2) is 4.89. The fourth-order valence-corrected chi connectivity index (χ4v) is 2.01. The van der Waals surface area contributed by atoms with E-state index in [0.717, 1.165) is 29.4 Å². The number of hydrogen-bond acceptors (Lipinski definition) is 4. The van der Waals surface area contributed by atoms with Crippen molar-refractivity contribution in [2.45, 2.75) is 33.7 Å². The van der Waals surface area contributed by atoms with Crippen LogP contribution in [0.15, 0.2) is 6.07 Å². The van der Waals surface area contributed by atoms with Crippen LogP contribution in [0, 0.1) is 13.8 Å².